The number of rotatable bonds is 0. The van der Waals surface area contributed by atoms with E-state index in [1.165, 1.54) is 0 Å². The molecule has 5 fully saturated rings. The van der Waals surface area contributed by atoms with Crippen LogP contribution in [0, 0.1) is 34.0 Å². The van der Waals surface area contributed by atoms with Gasteiger partial charge in [-0.15, -0.1) is 0 Å². The van der Waals surface area contributed by atoms with E-state index in [0.717, 1.165) is 37.7 Å². The molecule has 4 saturated carbocycles. The number of fused-ring (bicyclic) bond motifs is 2. The summed E-state index contributed by atoms with van der Waals surface area (Å²) in [6, 6.07) is 0. The lowest BCUT2D eigenvalue weighted by molar-refractivity contribution is -0.384. The van der Waals surface area contributed by atoms with Gasteiger partial charge >= 0.3 is 0 Å². The molecule has 4 heteroatoms. The summed E-state index contributed by atoms with van der Waals surface area (Å²) in [7, 11) is 0. The molecule has 0 radical (unpaired) electrons. The molecular formula is C23H34O4. The van der Waals surface area contributed by atoms with Gasteiger partial charge in [0.25, 0.3) is 0 Å². The van der Waals surface area contributed by atoms with E-state index in [9.17, 15) is 9.90 Å². The SMILES string of the molecule is C=C1C(=O)[C@@]23[C@@H]4OC(C)(C)O[C@@H]2C[C@@H]2C(C)(C)CC[C@H](O)[C@@]2(C)[C@@H]3CC[C@@H]14. The summed E-state index contributed by atoms with van der Waals surface area (Å²) in [6.07, 6.45) is 3.88. The third kappa shape index (κ3) is 1.93. The first-order valence-corrected chi connectivity index (χ1v) is 10.7. The predicted molar refractivity (Wildman–Crippen MR) is 102 cm³/mol. The van der Waals surface area contributed by atoms with E-state index in [4.69, 9.17) is 9.47 Å². The molecule has 5 aliphatic rings. The van der Waals surface area contributed by atoms with Crippen LogP contribution in [0.5, 0.6) is 0 Å². The van der Waals surface area contributed by atoms with Crippen LogP contribution in [-0.4, -0.2) is 35.0 Å². The lowest BCUT2D eigenvalue weighted by Gasteiger charge is -2.69. The smallest absolute Gasteiger partial charge is 0.170 e. The number of ether oxygens (including phenoxy) is 2. The van der Waals surface area contributed by atoms with Gasteiger partial charge in [-0.1, -0.05) is 27.4 Å². The van der Waals surface area contributed by atoms with Gasteiger partial charge in [0.15, 0.2) is 11.6 Å². The fourth-order valence-corrected chi connectivity index (χ4v) is 8.26. The molecule has 1 N–H and O–H groups in total. The number of hydrogen-bond donors (Lipinski definition) is 1. The van der Waals surface area contributed by atoms with Gasteiger partial charge in [-0.2, -0.15) is 0 Å². The number of Topliss-reactive ketones (excluding diaryl/α,β-unsaturated/α-hetero) is 1. The van der Waals surface area contributed by atoms with Gasteiger partial charge in [0.1, 0.15) is 0 Å². The zero-order valence-corrected chi connectivity index (χ0v) is 17.4. The highest BCUT2D eigenvalue weighted by Gasteiger charge is 2.78. The topological polar surface area (TPSA) is 55.8 Å². The summed E-state index contributed by atoms with van der Waals surface area (Å²) >= 11 is 0. The van der Waals surface area contributed by atoms with Gasteiger partial charge in [0.2, 0.25) is 0 Å². The third-order valence-corrected chi connectivity index (χ3v) is 9.36. The summed E-state index contributed by atoms with van der Waals surface area (Å²) < 4.78 is 13.0. The predicted octanol–water partition coefficient (Wildman–Crippen LogP) is 3.87. The molecule has 4 nitrogen and oxygen atoms in total. The minimum atomic E-state index is -0.685. The molecular weight excluding hydrogens is 340 g/mol. The minimum absolute atomic E-state index is 0.0902. The largest absolute Gasteiger partial charge is 0.393 e. The molecule has 1 aliphatic heterocycles. The van der Waals surface area contributed by atoms with E-state index in [1.807, 2.05) is 13.8 Å². The van der Waals surface area contributed by atoms with E-state index in [2.05, 4.69) is 27.4 Å². The number of carbonyl (C=O) groups excluding carboxylic acids is 1. The van der Waals surface area contributed by atoms with Crippen LogP contribution in [0.2, 0.25) is 0 Å². The van der Waals surface area contributed by atoms with Gasteiger partial charge < -0.3 is 14.6 Å². The summed E-state index contributed by atoms with van der Waals surface area (Å²) in [4.78, 5) is 13.7. The molecule has 0 aromatic carbocycles. The van der Waals surface area contributed by atoms with Crippen LogP contribution in [0.15, 0.2) is 12.2 Å². The maximum Gasteiger partial charge on any atom is 0.170 e. The van der Waals surface area contributed by atoms with Crippen LogP contribution in [0.25, 0.3) is 0 Å². The van der Waals surface area contributed by atoms with Crippen molar-refractivity contribution < 1.29 is 19.4 Å². The summed E-state index contributed by atoms with van der Waals surface area (Å²) in [5.41, 5.74) is -0.0715. The molecule has 0 aromatic rings. The molecule has 1 spiro atoms. The van der Waals surface area contributed by atoms with E-state index < -0.39 is 11.2 Å². The highest BCUT2D eigenvalue weighted by molar-refractivity contribution is 6.04. The Hall–Kier alpha value is -0.710. The van der Waals surface area contributed by atoms with E-state index in [-0.39, 0.29) is 46.8 Å². The molecule has 5 rings (SSSR count). The highest BCUT2D eigenvalue weighted by atomic mass is 16.7. The van der Waals surface area contributed by atoms with Crippen LogP contribution in [0.1, 0.15) is 66.7 Å². The van der Waals surface area contributed by atoms with Crippen LogP contribution >= 0.6 is 0 Å². The normalized spacial score (nSPS) is 55.0. The van der Waals surface area contributed by atoms with Gasteiger partial charge in [-0.05, 0) is 68.8 Å². The number of ketones is 1. The first kappa shape index (κ1) is 18.3. The van der Waals surface area contributed by atoms with Gasteiger partial charge in [-0.3, -0.25) is 4.79 Å². The average Bonchev–Trinajstić information content (AvgIpc) is 2.70. The minimum Gasteiger partial charge on any atom is -0.393 e. The van der Waals surface area contributed by atoms with E-state index in [0.29, 0.717) is 5.92 Å². The van der Waals surface area contributed by atoms with Crippen molar-refractivity contribution in [2.45, 2.75) is 90.8 Å². The lowest BCUT2D eigenvalue weighted by Crippen LogP contribution is -2.73. The van der Waals surface area contributed by atoms with Crippen molar-refractivity contribution in [3.8, 4) is 0 Å². The maximum atomic E-state index is 13.7. The Labute approximate surface area is 162 Å². The third-order valence-electron chi connectivity index (χ3n) is 9.36. The molecule has 0 aromatic heterocycles. The van der Waals surface area contributed by atoms with Crippen LogP contribution in [-0.2, 0) is 14.3 Å². The molecule has 4 aliphatic carbocycles. The van der Waals surface area contributed by atoms with E-state index in [1.54, 1.807) is 0 Å². The summed E-state index contributed by atoms with van der Waals surface area (Å²) in [6.45, 7) is 15.1. The molecule has 150 valence electrons. The first-order valence-electron chi connectivity index (χ1n) is 10.7. The summed E-state index contributed by atoms with van der Waals surface area (Å²) in [5.74, 6) is 0.00771. The lowest BCUT2D eigenvalue weighted by atomic mass is 9.39. The van der Waals surface area contributed by atoms with Crippen molar-refractivity contribution in [2.75, 3.05) is 0 Å². The van der Waals surface area contributed by atoms with Crippen molar-refractivity contribution in [2.24, 2.45) is 34.0 Å². The van der Waals surface area contributed by atoms with Gasteiger partial charge in [-0.25, -0.2) is 0 Å². The van der Waals surface area contributed by atoms with Crippen LogP contribution in [0.4, 0.5) is 0 Å². The second-order valence-corrected chi connectivity index (χ2v) is 11.3. The standard InChI is InChI=1S/C23H34O4/c1-12-13-7-8-14-22(6)15(20(2,3)10-9-16(22)24)11-17-23(14,18(12)25)19(13)27-21(4,5)26-17/h13-17,19,24H,1,7-11H2,2-6H3/t13-,14-,15+,16-,17+,19+,22-,23-/m0/s1. The monoisotopic (exact) mass is 374 g/mol. The Kier molecular flexibility index (Phi) is 3.44. The van der Waals surface area contributed by atoms with Crippen molar-refractivity contribution >= 4 is 5.78 Å². The Morgan fingerprint density at radius 1 is 1.04 bits per heavy atom. The molecule has 2 bridgehead atoms. The zero-order valence-electron chi connectivity index (χ0n) is 17.4. The molecule has 27 heavy (non-hydrogen) atoms. The molecule has 1 heterocycles. The molecule has 1 saturated heterocycles. The molecule has 8 atom stereocenters. The Morgan fingerprint density at radius 2 is 1.74 bits per heavy atom. The Bertz CT molecular complexity index is 724. The van der Waals surface area contributed by atoms with Crippen molar-refractivity contribution in [1.29, 1.82) is 0 Å². The second kappa shape index (κ2) is 5.06. The number of carbonyl (C=O) groups is 1. The van der Waals surface area contributed by atoms with Crippen molar-refractivity contribution in [3.63, 3.8) is 0 Å². The molecule has 0 amide bonds. The fourth-order valence-electron chi connectivity index (χ4n) is 8.26. The Balaban J connectivity index is 1.73. The van der Waals surface area contributed by atoms with Gasteiger partial charge in [0, 0.05) is 11.3 Å². The fraction of sp³-hybridized carbons (Fsp3) is 0.870. The number of aliphatic hydroxyl groups excluding tert-OH is 1. The first-order chi connectivity index (χ1) is 12.5. The molecule has 0 unspecified atom stereocenters. The Morgan fingerprint density at radius 3 is 2.44 bits per heavy atom. The maximum absolute atomic E-state index is 13.7. The van der Waals surface area contributed by atoms with Crippen molar-refractivity contribution in [1.82, 2.24) is 0 Å². The van der Waals surface area contributed by atoms with Crippen LogP contribution < -0.4 is 0 Å². The highest BCUT2D eigenvalue weighted by Crippen LogP contribution is 2.73. The van der Waals surface area contributed by atoms with E-state index >= 15 is 0 Å². The summed E-state index contributed by atoms with van der Waals surface area (Å²) in [5, 5.41) is 11.3. The number of aliphatic hydroxyl groups is 1. The number of hydrogen-bond acceptors (Lipinski definition) is 4. The average molecular weight is 375 g/mol. The van der Waals surface area contributed by atoms with Gasteiger partial charge in [0.05, 0.1) is 23.7 Å². The van der Waals surface area contributed by atoms with Crippen LogP contribution in [0.3, 0.4) is 0 Å². The van der Waals surface area contributed by atoms with Crippen molar-refractivity contribution in [3.05, 3.63) is 12.2 Å². The second-order valence-electron chi connectivity index (χ2n) is 11.3. The zero-order chi connectivity index (χ0) is 19.6. The quantitative estimate of drug-likeness (QED) is 0.654.